The SMILES string of the molecule is COc1cc(OCC(=O)Nc2ccc(C34CC5CC(CC(C5)C3)C4)cc2)ccc1[N+](=O)[O-]. The maximum absolute atomic E-state index is 12.3. The molecule has 4 saturated carbocycles. The Morgan fingerprint density at radius 1 is 1.06 bits per heavy atom. The first-order valence-electron chi connectivity index (χ1n) is 11.3. The summed E-state index contributed by atoms with van der Waals surface area (Å²) >= 11 is 0. The first kappa shape index (κ1) is 20.8. The molecule has 1 amide bonds. The first-order valence-corrected chi connectivity index (χ1v) is 11.3. The Kier molecular flexibility index (Phi) is 5.27. The summed E-state index contributed by atoms with van der Waals surface area (Å²) in [5.41, 5.74) is 2.36. The fourth-order valence-electron chi connectivity index (χ4n) is 6.62. The van der Waals surface area contributed by atoms with Crippen molar-refractivity contribution in [1.29, 1.82) is 0 Å². The summed E-state index contributed by atoms with van der Waals surface area (Å²) in [5, 5.41) is 13.9. The quantitative estimate of drug-likeness (QED) is 0.482. The minimum Gasteiger partial charge on any atom is -0.490 e. The molecule has 6 rings (SSSR count). The van der Waals surface area contributed by atoms with E-state index in [0.717, 1.165) is 23.4 Å². The third-order valence-corrected chi connectivity index (χ3v) is 7.54. The molecule has 4 aliphatic carbocycles. The normalized spacial score (nSPS) is 27.7. The average Bonchev–Trinajstić information content (AvgIpc) is 2.77. The van der Waals surface area contributed by atoms with Gasteiger partial charge in [0.15, 0.2) is 6.61 Å². The van der Waals surface area contributed by atoms with Crippen LogP contribution in [0, 0.1) is 27.9 Å². The number of rotatable bonds is 7. The predicted octanol–water partition coefficient (Wildman–Crippen LogP) is 5.09. The van der Waals surface area contributed by atoms with Crippen molar-refractivity contribution in [1.82, 2.24) is 0 Å². The highest BCUT2D eigenvalue weighted by atomic mass is 16.6. The molecule has 4 aliphatic rings. The Morgan fingerprint density at radius 2 is 1.69 bits per heavy atom. The Bertz CT molecular complexity index is 998. The molecule has 0 heterocycles. The number of amides is 1. The van der Waals surface area contributed by atoms with E-state index in [1.54, 1.807) is 0 Å². The van der Waals surface area contributed by atoms with Gasteiger partial charge in [-0.15, -0.1) is 0 Å². The summed E-state index contributed by atoms with van der Waals surface area (Å²) < 4.78 is 10.5. The highest BCUT2D eigenvalue weighted by Crippen LogP contribution is 2.60. The van der Waals surface area contributed by atoms with Crippen molar-refractivity contribution < 1.29 is 19.2 Å². The van der Waals surface area contributed by atoms with Crippen LogP contribution >= 0.6 is 0 Å². The van der Waals surface area contributed by atoms with E-state index in [9.17, 15) is 14.9 Å². The van der Waals surface area contributed by atoms with Crippen LogP contribution in [0.4, 0.5) is 11.4 Å². The molecule has 7 heteroatoms. The molecule has 0 radical (unpaired) electrons. The highest BCUT2D eigenvalue weighted by molar-refractivity contribution is 5.91. The van der Waals surface area contributed by atoms with E-state index < -0.39 is 4.92 Å². The van der Waals surface area contributed by atoms with Gasteiger partial charge in [-0.05, 0) is 85.5 Å². The molecule has 1 N–H and O–H groups in total. The monoisotopic (exact) mass is 436 g/mol. The van der Waals surface area contributed by atoms with Crippen LogP contribution in [0.5, 0.6) is 11.5 Å². The van der Waals surface area contributed by atoms with Crippen molar-refractivity contribution in [2.45, 2.75) is 43.9 Å². The van der Waals surface area contributed by atoms with Gasteiger partial charge in [-0.2, -0.15) is 0 Å². The molecule has 0 saturated heterocycles. The van der Waals surface area contributed by atoms with Crippen molar-refractivity contribution >= 4 is 17.3 Å². The van der Waals surface area contributed by atoms with Crippen LogP contribution in [-0.2, 0) is 10.2 Å². The van der Waals surface area contributed by atoms with Gasteiger partial charge in [-0.1, -0.05) is 12.1 Å². The minimum absolute atomic E-state index is 0.0909. The highest BCUT2D eigenvalue weighted by Gasteiger charge is 2.51. The number of hydrogen-bond donors (Lipinski definition) is 1. The number of methoxy groups -OCH3 is 1. The van der Waals surface area contributed by atoms with E-state index in [2.05, 4.69) is 17.4 Å². The van der Waals surface area contributed by atoms with Gasteiger partial charge in [-0.3, -0.25) is 14.9 Å². The maximum atomic E-state index is 12.3. The van der Waals surface area contributed by atoms with Crippen LogP contribution in [0.3, 0.4) is 0 Å². The molecule has 2 aromatic rings. The average molecular weight is 437 g/mol. The second-order valence-electron chi connectivity index (χ2n) is 9.70. The summed E-state index contributed by atoms with van der Waals surface area (Å²) in [4.78, 5) is 22.8. The number of hydrogen-bond acceptors (Lipinski definition) is 5. The van der Waals surface area contributed by atoms with Crippen LogP contribution in [-0.4, -0.2) is 24.5 Å². The Hall–Kier alpha value is -3.09. The second-order valence-corrected chi connectivity index (χ2v) is 9.70. The van der Waals surface area contributed by atoms with Gasteiger partial charge in [0.1, 0.15) is 5.75 Å². The lowest BCUT2D eigenvalue weighted by Crippen LogP contribution is -2.48. The van der Waals surface area contributed by atoms with Crippen LogP contribution in [0.15, 0.2) is 42.5 Å². The topological polar surface area (TPSA) is 90.7 Å². The molecule has 2 aromatic carbocycles. The number of nitrogens with one attached hydrogen (secondary N) is 1. The van der Waals surface area contributed by atoms with E-state index in [0.29, 0.717) is 11.2 Å². The number of carbonyl (C=O) groups is 1. The van der Waals surface area contributed by atoms with E-state index in [4.69, 9.17) is 9.47 Å². The Morgan fingerprint density at radius 3 is 2.25 bits per heavy atom. The third kappa shape index (κ3) is 3.92. The van der Waals surface area contributed by atoms with Crippen LogP contribution in [0.25, 0.3) is 0 Å². The fraction of sp³-hybridized carbons (Fsp3) is 0.480. The van der Waals surface area contributed by atoms with Gasteiger partial charge in [-0.25, -0.2) is 0 Å². The number of nitro groups is 1. The van der Waals surface area contributed by atoms with Gasteiger partial charge >= 0.3 is 5.69 Å². The molecular formula is C25H28N2O5. The number of carbonyl (C=O) groups excluding carboxylic acids is 1. The lowest BCUT2D eigenvalue weighted by atomic mass is 9.48. The summed E-state index contributed by atoms with van der Waals surface area (Å²) in [6, 6.07) is 12.5. The molecule has 168 valence electrons. The molecule has 4 bridgehead atoms. The van der Waals surface area contributed by atoms with Gasteiger partial charge in [0.2, 0.25) is 5.75 Å². The molecule has 32 heavy (non-hydrogen) atoms. The van der Waals surface area contributed by atoms with Gasteiger partial charge in [0.05, 0.1) is 12.0 Å². The smallest absolute Gasteiger partial charge is 0.311 e. The lowest BCUT2D eigenvalue weighted by molar-refractivity contribution is -0.385. The van der Waals surface area contributed by atoms with Crippen LogP contribution in [0.2, 0.25) is 0 Å². The number of ether oxygens (including phenoxy) is 2. The largest absolute Gasteiger partial charge is 0.490 e. The summed E-state index contributed by atoms with van der Waals surface area (Å²) in [6.07, 6.45) is 8.22. The molecular weight excluding hydrogens is 408 g/mol. The van der Waals surface area contributed by atoms with Crippen molar-refractivity contribution in [3.63, 3.8) is 0 Å². The van der Waals surface area contributed by atoms with Crippen LogP contribution in [0.1, 0.15) is 44.1 Å². The maximum Gasteiger partial charge on any atom is 0.311 e. The minimum atomic E-state index is -0.525. The number of nitro benzene ring substituents is 1. The molecule has 0 atom stereocenters. The predicted molar refractivity (Wildman–Crippen MR) is 120 cm³/mol. The number of nitrogens with zero attached hydrogens (tertiary/aromatic N) is 1. The zero-order valence-corrected chi connectivity index (χ0v) is 18.2. The van der Waals surface area contributed by atoms with Gasteiger partial charge in [0, 0.05) is 17.8 Å². The number of benzene rings is 2. The Balaban J connectivity index is 1.19. The molecule has 7 nitrogen and oxygen atoms in total. The summed E-state index contributed by atoms with van der Waals surface area (Å²) in [6.45, 7) is -0.197. The van der Waals surface area contributed by atoms with E-state index in [1.807, 2.05) is 12.1 Å². The Labute approximate surface area is 187 Å². The first-order chi connectivity index (χ1) is 15.4. The van der Waals surface area contributed by atoms with Gasteiger partial charge < -0.3 is 14.8 Å². The zero-order chi connectivity index (χ0) is 22.3. The molecule has 4 fully saturated rings. The molecule has 0 spiro atoms. The standard InChI is InChI=1S/C25H28N2O5/c1-31-23-11-21(6-7-22(23)27(29)30)32-15-24(28)26-20-4-2-19(3-5-20)25-12-16-8-17(13-25)10-18(9-16)14-25/h2-7,11,16-18H,8-10,12-15H2,1H3,(H,26,28). The molecule has 0 aromatic heterocycles. The third-order valence-electron chi connectivity index (χ3n) is 7.54. The second kappa shape index (κ2) is 8.11. The van der Waals surface area contributed by atoms with Crippen LogP contribution < -0.4 is 14.8 Å². The van der Waals surface area contributed by atoms with Crippen molar-refractivity contribution in [2.24, 2.45) is 17.8 Å². The van der Waals surface area contributed by atoms with E-state index in [1.165, 1.54) is 69.4 Å². The zero-order valence-electron chi connectivity index (χ0n) is 18.2. The summed E-state index contributed by atoms with van der Waals surface area (Å²) in [5.74, 6) is 2.83. The van der Waals surface area contributed by atoms with Gasteiger partial charge in [0.25, 0.3) is 5.91 Å². The number of anilines is 1. The van der Waals surface area contributed by atoms with Crippen molar-refractivity contribution in [3.8, 4) is 11.5 Å². The van der Waals surface area contributed by atoms with E-state index in [-0.39, 0.29) is 24.0 Å². The molecule has 0 aliphatic heterocycles. The lowest BCUT2D eigenvalue weighted by Gasteiger charge is -2.57. The molecule has 0 unspecified atom stereocenters. The fourth-order valence-corrected chi connectivity index (χ4v) is 6.62. The summed E-state index contributed by atoms with van der Waals surface area (Å²) in [7, 11) is 1.35. The van der Waals surface area contributed by atoms with Crippen molar-refractivity contribution in [3.05, 3.63) is 58.1 Å². The van der Waals surface area contributed by atoms with Crippen molar-refractivity contribution in [2.75, 3.05) is 19.0 Å². The van der Waals surface area contributed by atoms with E-state index >= 15 is 0 Å².